The van der Waals surface area contributed by atoms with Crippen LogP contribution >= 0.6 is 23.6 Å². The van der Waals surface area contributed by atoms with Gasteiger partial charge in [-0.25, -0.2) is 4.98 Å². The van der Waals surface area contributed by atoms with E-state index in [1.807, 2.05) is 6.92 Å². The molecule has 1 aromatic heterocycles. The summed E-state index contributed by atoms with van der Waals surface area (Å²) in [6.07, 6.45) is 1.56. The molecule has 1 aromatic carbocycles. The molecule has 0 bridgehead atoms. The van der Waals surface area contributed by atoms with E-state index in [2.05, 4.69) is 10.3 Å². The largest absolute Gasteiger partial charge is 0.486 e. The molecule has 0 aliphatic heterocycles. The third kappa shape index (κ3) is 4.01. The standard InChI is InChI=1S/C13H13N3O2S2/c1-8-15-6-11(20-8)13(17)16-9-3-2-4-10(5-9)18-7-12(14)19/h2-6H,7H2,1H3,(H2,14,19)(H,16,17). The number of nitrogens with zero attached hydrogens (tertiary/aromatic N) is 1. The van der Waals surface area contributed by atoms with Crippen LogP contribution in [0.25, 0.3) is 0 Å². The van der Waals surface area contributed by atoms with E-state index in [0.717, 1.165) is 5.01 Å². The number of anilines is 1. The van der Waals surface area contributed by atoms with Crippen molar-refractivity contribution in [1.29, 1.82) is 0 Å². The number of amides is 1. The Balaban J connectivity index is 2.04. The lowest BCUT2D eigenvalue weighted by Crippen LogP contribution is -2.18. The second kappa shape index (κ2) is 6.44. The first-order valence-corrected chi connectivity index (χ1v) is 7.02. The Morgan fingerprint density at radius 3 is 3.00 bits per heavy atom. The minimum absolute atomic E-state index is 0.167. The molecule has 20 heavy (non-hydrogen) atoms. The molecule has 0 atom stereocenters. The number of hydrogen-bond acceptors (Lipinski definition) is 5. The van der Waals surface area contributed by atoms with Crippen molar-refractivity contribution >= 4 is 40.1 Å². The van der Waals surface area contributed by atoms with Crippen LogP contribution in [0.15, 0.2) is 30.5 Å². The molecular weight excluding hydrogens is 294 g/mol. The van der Waals surface area contributed by atoms with E-state index in [1.54, 1.807) is 30.5 Å². The predicted octanol–water partition coefficient (Wildman–Crippen LogP) is 2.37. The van der Waals surface area contributed by atoms with Crippen molar-refractivity contribution in [3.63, 3.8) is 0 Å². The lowest BCUT2D eigenvalue weighted by Gasteiger charge is -2.07. The van der Waals surface area contributed by atoms with Gasteiger partial charge >= 0.3 is 0 Å². The highest BCUT2D eigenvalue weighted by atomic mass is 32.1. The van der Waals surface area contributed by atoms with E-state index in [4.69, 9.17) is 22.7 Å². The van der Waals surface area contributed by atoms with Crippen molar-refractivity contribution in [3.8, 4) is 5.75 Å². The van der Waals surface area contributed by atoms with Crippen LogP contribution in [0.5, 0.6) is 5.75 Å². The fourth-order valence-corrected chi connectivity index (χ4v) is 2.21. The quantitative estimate of drug-likeness (QED) is 0.829. The zero-order valence-electron chi connectivity index (χ0n) is 10.8. The number of thiocarbonyl (C=S) groups is 1. The Bertz CT molecular complexity index is 640. The molecule has 0 spiro atoms. The Labute approximate surface area is 125 Å². The zero-order valence-corrected chi connectivity index (χ0v) is 12.4. The van der Waals surface area contributed by atoms with E-state index in [1.165, 1.54) is 11.3 Å². The van der Waals surface area contributed by atoms with Crippen molar-refractivity contribution in [1.82, 2.24) is 4.98 Å². The van der Waals surface area contributed by atoms with Gasteiger partial charge in [0.15, 0.2) is 0 Å². The van der Waals surface area contributed by atoms with Gasteiger partial charge in [0.25, 0.3) is 5.91 Å². The lowest BCUT2D eigenvalue weighted by molar-refractivity contribution is 0.103. The number of carbonyl (C=O) groups excluding carboxylic acids is 1. The van der Waals surface area contributed by atoms with Crippen molar-refractivity contribution in [3.05, 3.63) is 40.3 Å². The van der Waals surface area contributed by atoms with Gasteiger partial charge in [-0.3, -0.25) is 4.79 Å². The number of thiazole rings is 1. The first kappa shape index (κ1) is 14.4. The summed E-state index contributed by atoms with van der Waals surface area (Å²) < 4.78 is 5.37. The van der Waals surface area contributed by atoms with Crippen molar-refractivity contribution < 1.29 is 9.53 Å². The average molecular weight is 307 g/mol. The molecule has 0 radical (unpaired) electrons. The molecule has 5 nitrogen and oxygen atoms in total. The van der Waals surface area contributed by atoms with Gasteiger partial charge in [-0.15, -0.1) is 11.3 Å². The van der Waals surface area contributed by atoms with Gasteiger partial charge in [-0.1, -0.05) is 18.3 Å². The monoisotopic (exact) mass is 307 g/mol. The summed E-state index contributed by atoms with van der Waals surface area (Å²) in [7, 11) is 0. The van der Waals surface area contributed by atoms with Gasteiger partial charge < -0.3 is 15.8 Å². The Hall–Kier alpha value is -1.99. The number of carbonyl (C=O) groups is 1. The maximum absolute atomic E-state index is 12.0. The highest BCUT2D eigenvalue weighted by Crippen LogP contribution is 2.19. The molecule has 0 aliphatic carbocycles. The molecule has 3 N–H and O–H groups in total. The molecule has 0 saturated carbocycles. The molecule has 2 aromatic rings. The highest BCUT2D eigenvalue weighted by molar-refractivity contribution is 7.80. The van der Waals surface area contributed by atoms with Gasteiger partial charge in [0.05, 0.1) is 11.2 Å². The molecule has 0 unspecified atom stereocenters. The van der Waals surface area contributed by atoms with E-state index < -0.39 is 0 Å². The number of nitrogens with one attached hydrogen (secondary N) is 1. The number of hydrogen-bond donors (Lipinski definition) is 2. The fourth-order valence-electron chi connectivity index (χ4n) is 1.48. The first-order chi connectivity index (χ1) is 9.54. The van der Waals surface area contributed by atoms with Crippen LogP contribution in [0.4, 0.5) is 5.69 Å². The third-order valence-corrected chi connectivity index (χ3v) is 3.35. The zero-order chi connectivity index (χ0) is 14.5. The number of rotatable bonds is 5. The summed E-state index contributed by atoms with van der Waals surface area (Å²) in [5, 5.41) is 3.64. The third-order valence-electron chi connectivity index (χ3n) is 2.32. The summed E-state index contributed by atoms with van der Waals surface area (Å²) in [6, 6.07) is 7.04. The van der Waals surface area contributed by atoms with Gasteiger partial charge in [-0.2, -0.15) is 0 Å². The van der Waals surface area contributed by atoms with Crippen molar-refractivity contribution in [2.75, 3.05) is 11.9 Å². The molecule has 104 valence electrons. The van der Waals surface area contributed by atoms with Gasteiger partial charge in [0.2, 0.25) is 0 Å². The lowest BCUT2D eigenvalue weighted by atomic mass is 10.3. The number of ether oxygens (including phenoxy) is 1. The predicted molar refractivity (Wildman–Crippen MR) is 83.5 cm³/mol. The number of nitrogens with two attached hydrogens (primary N) is 1. The highest BCUT2D eigenvalue weighted by Gasteiger charge is 2.09. The van der Waals surface area contributed by atoms with Crippen LogP contribution in [-0.4, -0.2) is 22.5 Å². The first-order valence-electron chi connectivity index (χ1n) is 5.79. The SMILES string of the molecule is Cc1ncc(C(=O)Nc2cccc(OCC(N)=S)c2)s1. The Morgan fingerprint density at radius 2 is 2.35 bits per heavy atom. The average Bonchev–Trinajstić information content (AvgIpc) is 2.84. The van der Waals surface area contributed by atoms with Crippen molar-refractivity contribution in [2.24, 2.45) is 5.73 Å². The second-order valence-corrected chi connectivity index (χ2v) is 5.74. The molecule has 1 heterocycles. The smallest absolute Gasteiger partial charge is 0.267 e. The van der Waals surface area contributed by atoms with Crippen LogP contribution in [0.2, 0.25) is 0 Å². The van der Waals surface area contributed by atoms with Gasteiger partial charge in [0.1, 0.15) is 22.2 Å². The van der Waals surface area contributed by atoms with E-state index in [-0.39, 0.29) is 17.5 Å². The van der Waals surface area contributed by atoms with Crippen LogP contribution in [0.1, 0.15) is 14.7 Å². The molecule has 7 heteroatoms. The van der Waals surface area contributed by atoms with Crippen molar-refractivity contribution in [2.45, 2.75) is 6.92 Å². The minimum Gasteiger partial charge on any atom is -0.486 e. The Kier molecular flexibility index (Phi) is 4.65. The number of aromatic nitrogens is 1. The van der Waals surface area contributed by atoms with Crippen LogP contribution in [0.3, 0.4) is 0 Å². The molecule has 2 rings (SSSR count). The van der Waals surface area contributed by atoms with Gasteiger partial charge in [-0.05, 0) is 19.1 Å². The Morgan fingerprint density at radius 1 is 1.55 bits per heavy atom. The minimum atomic E-state index is -0.193. The second-order valence-electron chi connectivity index (χ2n) is 3.98. The molecule has 0 aliphatic rings. The molecule has 0 fully saturated rings. The molecule has 0 saturated heterocycles. The van der Waals surface area contributed by atoms with E-state index >= 15 is 0 Å². The molecular formula is C13H13N3O2S2. The summed E-state index contributed by atoms with van der Waals surface area (Å²) >= 11 is 6.09. The number of benzene rings is 1. The molecule has 1 amide bonds. The fraction of sp³-hybridized carbons (Fsp3) is 0.154. The van der Waals surface area contributed by atoms with Crippen LogP contribution in [-0.2, 0) is 0 Å². The maximum Gasteiger partial charge on any atom is 0.267 e. The summed E-state index contributed by atoms with van der Waals surface area (Å²) in [5.41, 5.74) is 6.01. The van der Waals surface area contributed by atoms with Crippen LogP contribution < -0.4 is 15.8 Å². The van der Waals surface area contributed by atoms with E-state index in [0.29, 0.717) is 16.3 Å². The van der Waals surface area contributed by atoms with Crippen LogP contribution in [0, 0.1) is 6.92 Å². The summed E-state index contributed by atoms with van der Waals surface area (Å²) in [4.78, 5) is 16.9. The topological polar surface area (TPSA) is 77.2 Å². The van der Waals surface area contributed by atoms with E-state index in [9.17, 15) is 4.79 Å². The maximum atomic E-state index is 12.0. The summed E-state index contributed by atoms with van der Waals surface area (Å²) in [6.45, 7) is 2.02. The summed E-state index contributed by atoms with van der Waals surface area (Å²) in [5.74, 6) is 0.401. The van der Waals surface area contributed by atoms with Gasteiger partial charge in [0, 0.05) is 11.8 Å². The number of aryl methyl sites for hydroxylation is 1. The normalized spacial score (nSPS) is 10.1.